The van der Waals surface area contributed by atoms with Crippen molar-refractivity contribution >= 4 is 28.9 Å². The molecule has 1 aromatic rings. The van der Waals surface area contributed by atoms with Crippen molar-refractivity contribution in [1.82, 2.24) is 10.2 Å². The number of hydrogen-bond donors (Lipinski definition) is 3. The summed E-state index contributed by atoms with van der Waals surface area (Å²) < 4.78 is 12.8. The molecule has 1 aliphatic rings. The molecule has 7 heteroatoms. The summed E-state index contributed by atoms with van der Waals surface area (Å²) in [7, 11) is 1.82. The number of rotatable bonds is 3. The molecule has 3 N–H and O–H groups in total. The molecule has 0 radical (unpaired) electrons. The minimum Gasteiger partial charge on any atom is -0.366 e. The molecule has 0 atom stereocenters. The third-order valence-electron chi connectivity index (χ3n) is 3.51. The number of nitrogens with one attached hydrogen (secondary N) is 3. The first kappa shape index (κ1) is 15.7. The Morgan fingerprint density at radius 1 is 1.33 bits per heavy atom. The van der Waals surface area contributed by atoms with Crippen molar-refractivity contribution in [2.24, 2.45) is 0 Å². The normalized spacial score (nSPS) is 15.6. The third kappa shape index (κ3) is 4.64. The Kier molecular flexibility index (Phi) is 5.46. The highest BCUT2D eigenvalue weighted by Gasteiger charge is 2.23. The van der Waals surface area contributed by atoms with Crippen LogP contribution in [-0.4, -0.2) is 55.7 Å². The summed E-state index contributed by atoms with van der Waals surface area (Å²) in [6.07, 6.45) is 0. The lowest BCUT2D eigenvalue weighted by atomic mass is 10.3. The molecule has 2 rings (SSSR count). The Balaban J connectivity index is 1.76. The van der Waals surface area contributed by atoms with E-state index in [0.717, 1.165) is 31.3 Å². The second kappa shape index (κ2) is 7.33. The van der Waals surface area contributed by atoms with Gasteiger partial charge in [0.2, 0.25) is 0 Å². The largest absolute Gasteiger partial charge is 0.366 e. The van der Waals surface area contributed by atoms with E-state index in [0.29, 0.717) is 12.2 Å². The van der Waals surface area contributed by atoms with E-state index in [1.165, 1.54) is 17.0 Å². The first-order chi connectivity index (χ1) is 10.1. The van der Waals surface area contributed by atoms with Gasteiger partial charge in [0.15, 0.2) is 11.7 Å². The molecule has 0 aliphatic carbocycles. The maximum Gasteiger partial charge on any atom is 0.279 e. The van der Waals surface area contributed by atoms with Gasteiger partial charge in [-0.05, 0) is 36.5 Å². The van der Waals surface area contributed by atoms with E-state index in [9.17, 15) is 9.18 Å². The maximum absolute atomic E-state index is 12.8. The number of anilines is 1. The molecule has 21 heavy (non-hydrogen) atoms. The van der Waals surface area contributed by atoms with Crippen LogP contribution in [0.15, 0.2) is 24.3 Å². The van der Waals surface area contributed by atoms with Gasteiger partial charge >= 0.3 is 0 Å². The zero-order valence-electron chi connectivity index (χ0n) is 12.0. The smallest absolute Gasteiger partial charge is 0.279 e. The molecule has 1 fully saturated rings. The molecule has 5 nitrogen and oxygen atoms in total. The van der Waals surface area contributed by atoms with Crippen molar-refractivity contribution in [2.75, 3.05) is 45.1 Å². The molecule has 114 valence electrons. The molecule has 1 aliphatic heterocycles. The van der Waals surface area contributed by atoms with Crippen molar-refractivity contribution in [3.63, 3.8) is 0 Å². The van der Waals surface area contributed by atoms with Crippen LogP contribution >= 0.6 is 12.2 Å². The van der Waals surface area contributed by atoms with Crippen LogP contribution in [0.25, 0.3) is 0 Å². The van der Waals surface area contributed by atoms with Gasteiger partial charge in [0.1, 0.15) is 5.82 Å². The van der Waals surface area contributed by atoms with Crippen LogP contribution in [0.5, 0.6) is 0 Å². The fourth-order valence-corrected chi connectivity index (χ4v) is 2.51. The fourth-order valence-electron chi connectivity index (χ4n) is 2.33. The molecule has 1 aromatic carbocycles. The first-order valence-electron chi connectivity index (χ1n) is 6.94. The second-order valence-electron chi connectivity index (χ2n) is 5.02. The SMILES string of the molecule is CNC(=S)N1CC[NH+](CC(=O)Nc2ccc(F)cc2)CC1. The van der Waals surface area contributed by atoms with Gasteiger partial charge in [-0.1, -0.05) is 0 Å². The Labute approximate surface area is 129 Å². The van der Waals surface area contributed by atoms with E-state index < -0.39 is 0 Å². The molecule has 0 spiro atoms. The second-order valence-corrected chi connectivity index (χ2v) is 5.41. The van der Waals surface area contributed by atoms with Gasteiger partial charge in [-0.3, -0.25) is 4.79 Å². The fraction of sp³-hybridized carbons (Fsp3) is 0.429. The summed E-state index contributed by atoms with van der Waals surface area (Å²) in [4.78, 5) is 15.3. The molecule has 1 heterocycles. The van der Waals surface area contributed by atoms with Crippen LogP contribution < -0.4 is 15.5 Å². The number of thiocarbonyl (C=S) groups is 1. The zero-order chi connectivity index (χ0) is 15.2. The van der Waals surface area contributed by atoms with Crippen LogP contribution in [0.4, 0.5) is 10.1 Å². The first-order valence-corrected chi connectivity index (χ1v) is 7.35. The predicted octanol–water partition coefficient (Wildman–Crippen LogP) is -0.531. The molecular weight excluding hydrogens is 291 g/mol. The standard InChI is InChI=1S/C14H19FN4OS/c1-16-14(21)19-8-6-18(7-9-19)10-13(20)17-12-4-2-11(15)3-5-12/h2-5H,6-10H2,1H3,(H,16,21)(H,17,20)/p+1. The summed E-state index contributed by atoms with van der Waals surface area (Å²) in [6.45, 7) is 3.85. The summed E-state index contributed by atoms with van der Waals surface area (Å²) in [5.41, 5.74) is 0.621. The van der Waals surface area contributed by atoms with Crippen molar-refractivity contribution in [1.29, 1.82) is 0 Å². The van der Waals surface area contributed by atoms with E-state index in [4.69, 9.17) is 12.2 Å². The maximum atomic E-state index is 12.8. The Hall–Kier alpha value is -1.73. The number of quaternary nitrogens is 1. The van der Waals surface area contributed by atoms with Gasteiger partial charge in [0.05, 0.1) is 26.2 Å². The highest BCUT2D eigenvalue weighted by molar-refractivity contribution is 7.80. The number of amides is 1. The number of halogens is 1. The molecule has 0 bridgehead atoms. The van der Waals surface area contributed by atoms with Gasteiger partial charge < -0.3 is 20.4 Å². The van der Waals surface area contributed by atoms with Crippen LogP contribution in [0, 0.1) is 5.82 Å². The molecule has 0 unspecified atom stereocenters. The topological polar surface area (TPSA) is 48.8 Å². The molecular formula is C14H20FN4OS+. The van der Waals surface area contributed by atoms with E-state index >= 15 is 0 Å². The number of benzene rings is 1. The van der Waals surface area contributed by atoms with Crippen LogP contribution in [-0.2, 0) is 4.79 Å². The van der Waals surface area contributed by atoms with Crippen molar-refractivity contribution in [2.45, 2.75) is 0 Å². The average Bonchev–Trinajstić information content (AvgIpc) is 2.49. The Morgan fingerprint density at radius 3 is 2.52 bits per heavy atom. The molecule has 0 saturated carbocycles. The van der Waals surface area contributed by atoms with Crippen LogP contribution in [0.1, 0.15) is 0 Å². The Morgan fingerprint density at radius 2 is 1.95 bits per heavy atom. The number of hydrogen-bond acceptors (Lipinski definition) is 2. The summed E-state index contributed by atoms with van der Waals surface area (Å²) in [6, 6.07) is 5.79. The highest BCUT2D eigenvalue weighted by Crippen LogP contribution is 2.07. The summed E-state index contributed by atoms with van der Waals surface area (Å²) in [5, 5.41) is 6.50. The van der Waals surface area contributed by atoms with Crippen molar-refractivity contribution < 1.29 is 14.1 Å². The number of nitrogens with zero attached hydrogens (tertiary/aromatic N) is 1. The lowest BCUT2D eigenvalue weighted by molar-refractivity contribution is -0.895. The van der Waals surface area contributed by atoms with Crippen LogP contribution in [0.2, 0.25) is 0 Å². The van der Waals surface area contributed by atoms with E-state index in [1.807, 2.05) is 7.05 Å². The minimum atomic E-state index is -0.310. The van der Waals surface area contributed by atoms with Gasteiger partial charge in [-0.25, -0.2) is 4.39 Å². The predicted molar refractivity (Wildman–Crippen MR) is 83.8 cm³/mol. The quantitative estimate of drug-likeness (QED) is 0.657. The zero-order valence-corrected chi connectivity index (χ0v) is 12.8. The van der Waals surface area contributed by atoms with E-state index in [2.05, 4.69) is 15.5 Å². The van der Waals surface area contributed by atoms with Crippen LogP contribution in [0.3, 0.4) is 0 Å². The molecule has 1 saturated heterocycles. The van der Waals surface area contributed by atoms with E-state index in [-0.39, 0.29) is 11.7 Å². The van der Waals surface area contributed by atoms with Gasteiger partial charge in [0, 0.05) is 12.7 Å². The van der Waals surface area contributed by atoms with Crippen molar-refractivity contribution in [3.8, 4) is 0 Å². The summed E-state index contributed by atoms with van der Waals surface area (Å²) in [5.74, 6) is -0.364. The summed E-state index contributed by atoms with van der Waals surface area (Å²) >= 11 is 5.19. The van der Waals surface area contributed by atoms with Gasteiger partial charge in [-0.2, -0.15) is 0 Å². The number of piperazine rings is 1. The van der Waals surface area contributed by atoms with E-state index in [1.54, 1.807) is 12.1 Å². The highest BCUT2D eigenvalue weighted by atomic mass is 32.1. The lowest BCUT2D eigenvalue weighted by Gasteiger charge is -2.33. The Bertz CT molecular complexity index is 500. The average molecular weight is 311 g/mol. The molecule has 0 aromatic heterocycles. The number of carbonyl (C=O) groups excluding carboxylic acids is 1. The van der Waals surface area contributed by atoms with Gasteiger partial charge in [0.25, 0.3) is 5.91 Å². The molecule has 1 amide bonds. The van der Waals surface area contributed by atoms with Gasteiger partial charge in [-0.15, -0.1) is 0 Å². The van der Waals surface area contributed by atoms with Crippen molar-refractivity contribution in [3.05, 3.63) is 30.1 Å². The lowest BCUT2D eigenvalue weighted by Crippen LogP contribution is -3.15. The minimum absolute atomic E-state index is 0.0544. The number of carbonyl (C=O) groups is 1. The third-order valence-corrected chi connectivity index (χ3v) is 3.97. The monoisotopic (exact) mass is 311 g/mol.